The molecule has 3 N–H and O–H groups in total. The van der Waals surface area contributed by atoms with Gasteiger partial charge in [-0.25, -0.2) is 4.57 Å². The number of nitrogens with zero attached hydrogens (tertiary/aromatic N) is 1. The van der Waals surface area contributed by atoms with Gasteiger partial charge in [-0.3, -0.25) is 13.8 Å². The minimum absolute atomic E-state index is 0.0583. The molecule has 0 aromatic carbocycles. The first kappa shape index (κ1) is 53.0. The quantitative estimate of drug-likeness (QED) is 0.0247. The number of carbonyl (C=O) groups excluding carboxylic acids is 1. The third-order valence-electron chi connectivity index (χ3n) is 10.2. The highest BCUT2D eigenvalue weighted by molar-refractivity contribution is 7.47. The largest absolute Gasteiger partial charge is 0.472 e. The van der Waals surface area contributed by atoms with Gasteiger partial charge >= 0.3 is 7.82 Å². The van der Waals surface area contributed by atoms with E-state index >= 15 is 0 Å². The molecule has 0 rings (SSSR count). The molecule has 3 atom stereocenters. The van der Waals surface area contributed by atoms with E-state index in [0.717, 1.165) is 38.5 Å². The van der Waals surface area contributed by atoms with Crippen molar-refractivity contribution in [2.45, 2.75) is 219 Å². The monoisotopic (exact) mass is 786 g/mol. The van der Waals surface area contributed by atoms with Crippen LogP contribution in [-0.2, 0) is 18.4 Å². The molecule has 0 aromatic heterocycles. The molecule has 9 heteroatoms. The lowest BCUT2D eigenvalue weighted by Crippen LogP contribution is -2.45. The number of allylic oxidation sites excluding steroid dienone is 3. The zero-order valence-electron chi connectivity index (χ0n) is 36.2. The number of phosphoric ester groups is 1. The molecule has 0 spiro atoms. The Morgan fingerprint density at radius 2 is 1.02 bits per heavy atom. The van der Waals surface area contributed by atoms with Crippen molar-refractivity contribution in [3.8, 4) is 0 Å². The number of likely N-dealkylation sites (N-methyl/N-ethyl adjacent to an activating group) is 1. The van der Waals surface area contributed by atoms with Gasteiger partial charge in [-0.15, -0.1) is 0 Å². The first-order chi connectivity index (χ1) is 26.0. The summed E-state index contributed by atoms with van der Waals surface area (Å²) >= 11 is 0. The Morgan fingerprint density at radius 1 is 0.611 bits per heavy atom. The summed E-state index contributed by atoms with van der Waals surface area (Å²) in [4.78, 5) is 23.1. The summed E-state index contributed by atoms with van der Waals surface area (Å²) in [6.07, 6.45) is 43.9. The molecule has 0 bridgehead atoms. The number of quaternary nitrogens is 1. The SMILES string of the molecule is CCCCCCCCCCCC/C=C/CC/C=C/C(O)C(COP(=O)(O)OCC[N+](C)(C)C)NC(=O)CCCCCCCCCCCCCCCCCC. The van der Waals surface area contributed by atoms with E-state index in [-0.39, 0.29) is 19.1 Å². The average Bonchev–Trinajstić information content (AvgIpc) is 3.12. The Balaban J connectivity index is 4.44. The molecule has 0 radical (unpaired) electrons. The third-order valence-corrected chi connectivity index (χ3v) is 11.2. The van der Waals surface area contributed by atoms with Crippen LogP contribution in [0.15, 0.2) is 24.3 Å². The van der Waals surface area contributed by atoms with Crippen LogP contribution in [0.25, 0.3) is 0 Å². The van der Waals surface area contributed by atoms with E-state index < -0.39 is 20.0 Å². The summed E-state index contributed by atoms with van der Waals surface area (Å²) in [5.41, 5.74) is 0. The highest BCUT2D eigenvalue weighted by atomic mass is 31.2. The smallest absolute Gasteiger partial charge is 0.387 e. The maximum Gasteiger partial charge on any atom is 0.472 e. The van der Waals surface area contributed by atoms with E-state index in [1.165, 1.54) is 148 Å². The number of rotatable bonds is 41. The summed E-state index contributed by atoms with van der Waals surface area (Å²) in [5, 5.41) is 13.8. The van der Waals surface area contributed by atoms with Crippen LogP contribution in [0.2, 0.25) is 0 Å². The van der Waals surface area contributed by atoms with Gasteiger partial charge in [-0.1, -0.05) is 192 Å². The zero-order valence-corrected chi connectivity index (χ0v) is 37.1. The molecule has 8 nitrogen and oxygen atoms in total. The molecule has 320 valence electrons. The van der Waals surface area contributed by atoms with Crippen LogP contribution in [0.3, 0.4) is 0 Å². The molecule has 0 aliphatic carbocycles. The second kappa shape index (κ2) is 37.6. The molecule has 54 heavy (non-hydrogen) atoms. The van der Waals surface area contributed by atoms with Crippen LogP contribution >= 0.6 is 7.82 Å². The van der Waals surface area contributed by atoms with Crippen molar-refractivity contribution < 1.29 is 32.9 Å². The molecular formula is C45H90N2O6P+. The Labute approximate surface area is 334 Å². The van der Waals surface area contributed by atoms with Crippen molar-refractivity contribution in [2.24, 2.45) is 0 Å². The van der Waals surface area contributed by atoms with Gasteiger partial charge in [0.1, 0.15) is 13.2 Å². The van der Waals surface area contributed by atoms with Crippen molar-refractivity contribution in [3.05, 3.63) is 24.3 Å². The van der Waals surface area contributed by atoms with Gasteiger partial charge in [-0.2, -0.15) is 0 Å². The number of aliphatic hydroxyl groups is 1. The minimum Gasteiger partial charge on any atom is -0.387 e. The van der Waals surface area contributed by atoms with Crippen molar-refractivity contribution >= 4 is 13.7 Å². The lowest BCUT2D eigenvalue weighted by Gasteiger charge is -2.25. The second-order valence-electron chi connectivity index (χ2n) is 16.8. The number of hydrogen-bond acceptors (Lipinski definition) is 5. The van der Waals surface area contributed by atoms with Crippen LogP contribution in [0, 0.1) is 0 Å². The van der Waals surface area contributed by atoms with Gasteiger partial charge in [0.05, 0.1) is 39.9 Å². The Hall–Kier alpha value is -1.02. The Kier molecular flexibility index (Phi) is 36.8. The highest BCUT2D eigenvalue weighted by Gasteiger charge is 2.27. The van der Waals surface area contributed by atoms with Gasteiger partial charge in [0.15, 0.2) is 0 Å². The fourth-order valence-corrected chi connectivity index (χ4v) is 7.26. The van der Waals surface area contributed by atoms with Crippen LogP contribution in [0.4, 0.5) is 0 Å². The molecule has 1 amide bonds. The van der Waals surface area contributed by atoms with E-state index in [2.05, 4.69) is 31.3 Å². The summed E-state index contributed by atoms with van der Waals surface area (Å²) in [5.74, 6) is -0.185. The summed E-state index contributed by atoms with van der Waals surface area (Å²) < 4.78 is 23.5. The molecule has 0 aromatic rings. The summed E-state index contributed by atoms with van der Waals surface area (Å²) in [7, 11) is 1.56. The number of amides is 1. The summed E-state index contributed by atoms with van der Waals surface area (Å²) in [6, 6.07) is -0.857. The Morgan fingerprint density at radius 3 is 1.48 bits per heavy atom. The molecule has 0 aliphatic rings. The number of aliphatic hydroxyl groups excluding tert-OH is 1. The maximum absolute atomic E-state index is 12.9. The number of phosphoric acid groups is 1. The molecular weight excluding hydrogens is 695 g/mol. The maximum atomic E-state index is 12.9. The van der Waals surface area contributed by atoms with Crippen molar-refractivity contribution in [2.75, 3.05) is 40.9 Å². The average molecular weight is 786 g/mol. The van der Waals surface area contributed by atoms with E-state index in [1.54, 1.807) is 6.08 Å². The fourth-order valence-electron chi connectivity index (χ4n) is 6.53. The predicted octanol–water partition coefficient (Wildman–Crippen LogP) is 12.5. The molecule has 0 fully saturated rings. The fraction of sp³-hybridized carbons (Fsp3) is 0.889. The molecule has 3 unspecified atom stereocenters. The third kappa shape index (κ3) is 39.2. The lowest BCUT2D eigenvalue weighted by atomic mass is 10.0. The van der Waals surface area contributed by atoms with E-state index in [1.807, 2.05) is 27.2 Å². The molecule has 0 saturated carbocycles. The number of nitrogens with one attached hydrogen (secondary N) is 1. The van der Waals surface area contributed by atoms with Crippen molar-refractivity contribution in [1.82, 2.24) is 5.32 Å². The highest BCUT2D eigenvalue weighted by Crippen LogP contribution is 2.43. The van der Waals surface area contributed by atoms with E-state index in [9.17, 15) is 19.4 Å². The van der Waals surface area contributed by atoms with Gasteiger partial charge in [0, 0.05) is 6.42 Å². The van der Waals surface area contributed by atoms with Crippen LogP contribution in [0.5, 0.6) is 0 Å². The van der Waals surface area contributed by atoms with Gasteiger partial charge < -0.3 is 19.8 Å². The minimum atomic E-state index is -4.34. The van der Waals surface area contributed by atoms with Crippen molar-refractivity contribution in [1.29, 1.82) is 0 Å². The van der Waals surface area contributed by atoms with Crippen LogP contribution in [0.1, 0.15) is 206 Å². The standard InChI is InChI=1S/C45H89N2O6P/c1-6-8-10-12-14-16-18-20-22-24-26-28-30-32-34-36-38-44(48)43(42-53-54(50,51)52-41-40-47(3,4)5)46-45(49)39-37-35-33-31-29-27-25-23-21-19-17-15-13-11-9-7-2/h28,30,36,38,43-44,48H,6-27,29,31-35,37,39-42H2,1-5H3,(H-,46,49,50,51)/p+1/b30-28+,38-36+. The van der Waals surface area contributed by atoms with Crippen molar-refractivity contribution in [3.63, 3.8) is 0 Å². The van der Waals surface area contributed by atoms with E-state index in [0.29, 0.717) is 17.4 Å². The number of unbranched alkanes of at least 4 members (excludes halogenated alkanes) is 26. The topological polar surface area (TPSA) is 105 Å². The van der Waals surface area contributed by atoms with Gasteiger partial charge in [0.25, 0.3) is 0 Å². The zero-order chi connectivity index (χ0) is 40.0. The van der Waals surface area contributed by atoms with Gasteiger partial charge in [-0.05, 0) is 32.1 Å². The van der Waals surface area contributed by atoms with Crippen LogP contribution in [-0.4, -0.2) is 73.4 Å². The first-order valence-corrected chi connectivity index (χ1v) is 24.2. The predicted molar refractivity (Wildman–Crippen MR) is 231 cm³/mol. The normalized spacial score (nSPS) is 14.6. The first-order valence-electron chi connectivity index (χ1n) is 22.7. The van der Waals surface area contributed by atoms with Crippen LogP contribution < -0.4 is 5.32 Å². The Bertz CT molecular complexity index is 938. The molecule has 0 saturated heterocycles. The second-order valence-corrected chi connectivity index (χ2v) is 18.2. The number of carbonyl (C=O) groups is 1. The number of hydrogen-bond donors (Lipinski definition) is 3. The molecule has 0 aliphatic heterocycles. The lowest BCUT2D eigenvalue weighted by molar-refractivity contribution is -0.870. The molecule has 0 heterocycles. The summed E-state index contributed by atoms with van der Waals surface area (Å²) in [6.45, 7) is 4.80. The van der Waals surface area contributed by atoms with Gasteiger partial charge in [0.2, 0.25) is 5.91 Å². The van der Waals surface area contributed by atoms with E-state index in [4.69, 9.17) is 9.05 Å².